The molecule has 0 radical (unpaired) electrons. The summed E-state index contributed by atoms with van der Waals surface area (Å²) in [6.45, 7) is 6.82. The van der Waals surface area contributed by atoms with Crippen molar-refractivity contribution in [1.29, 1.82) is 0 Å². The van der Waals surface area contributed by atoms with E-state index in [0.717, 1.165) is 17.8 Å². The van der Waals surface area contributed by atoms with Crippen LogP contribution in [-0.4, -0.2) is 35.6 Å². The van der Waals surface area contributed by atoms with Crippen molar-refractivity contribution in [3.8, 4) is 0 Å². The molecule has 0 fully saturated rings. The number of nitrogens with one attached hydrogen (secondary N) is 1. The van der Waals surface area contributed by atoms with Gasteiger partial charge in [0.25, 0.3) is 0 Å². The Morgan fingerprint density at radius 2 is 2.11 bits per heavy atom. The number of ether oxygens (including phenoxy) is 1. The standard InChI is InChI=1S/C13H22ClN3O/c1-9(2)12-7-10(3)15-13(17-12)16-11(5-6-14)8-18-4/h7,9,11H,5-6,8H2,1-4H3,(H,15,16,17). The maximum Gasteiger partial charge on any atom is 0.223 e. The molecule has 102 valence electrons. The zero-order valence-corrected chi connectivity index (χ0v) is 12.3. The summed E-state index contributed by atoms with van der Waals surface area (Å²) < 4.78 is 5.16. The lowest BCUT2D eigenvalue weighted by molar-refractivity contribution is 0.184. The highest BCUT2D eigenvalue weighted by atomic mass is 35.5. The Morgan fingerprint density at radius 3 is 2.67 bits per heavy atom. The average Bonchev–Trinajstić information content (AvgIpc) is 2.28. The van der Waals surface area contributed by atoms with E-state index in [2.05, 4.69) is 29.1 Å². The fraction of sp³-hybridized carbons (Fsp3) is 0.692. The summed E-state index contributed by atoms with van der Waals surface area (Å²) in [7, 11) is 1.68. The summed E-state index contributed by atoms with van der Waals surface area (Å²) in [6, 6.07) is 2.16. The summed E-state index contributed by atoms with van der Waals surface area (Å²) in [6.07, 6.45) is 0.823. The quantitative estimate of drug-likeness (QED) is 0.775. The molecule has 0 aliphatic heterocycles. The lowest BCUT2D eigenvalue weighted by Crippen LogP contribution is -2.27. The van der Waals surface area contributed by atoms with Gasteiger partial charge in [0.1, 0.15) is 0 Å². The number of aryl methyl sites for hydroxylation is 1. The van der Waals surface area contributed by atoms with Gasteiger partial charge in [-0.3, -0.25) is 0 Å². The molecule has 0 aliphatic rings. The molecule has 1 aromatic rings. The van der Waals surface area contributed by atoms with Gasteiger partial charge in [-0.2, -0.15) is 0 Å². The van der Waals surface area contributed by atoms with Crippen LogP contribution in [0.15, 0.2) is 6.07 Å². The van der Waals surface area contributed by atoms with Crippen LogP contribution in [0.4, 0.5) is 5.95 Å². The van der Waals surface area contributed by atoms with Crippen molar-refractivity contribution in [1.82, 2.24) is 9.97 Å². The van der Waals surface area contributed by atoms with E-state index in [1.807, 2.05) is 13.0 Å². The normalized spacial score (nSPS) is 12.8. The molecule has 0 bridgehead atoms. The van der Waals surface area contributed by atoms with Crippen LogP contribution >= 0.6 is 11.6 Å². The van der Waals surface area contributed by atoms with Crippen LogP contribution in [-0.2, 0) is 4.74 Å². The van der Waals surface area contributed by atoms with Gasteiger partial charge >= 0.3 is 0 Å². The number of nitrogens with zero attached hydrogens (tertiary/aromatic N) is 2. The van der Waals surface area contributed by atoms with Gasteiger partial charge in [0.05, 0.1) is 12.6 Å². The molecule has 1 N–H and O–H groups in total. The molecule has 1 atom stereocenters. The summed E-state index contributed by atoms with van der Waals surface area (Å²) in [5.41, 5.74) is 2.02. The van der Waals surface area contributed by atoms with Crippen LogP contribution in [0.5, 0.6) is 0 Å². The Bertz CT molecular complexity index is 365. The van der Waals surface area contributed by atoms with Gasteiger partial charge in [-0.15, -0.1) is 11.6 Å². The lowest BCUT2D eigenvalue weighted by Gasteiger charge is -2.18. The fourth-order valence-electron chi connectivity index (χ4n) is 1.67. The smallest absolute Gasteiger partial charge is 0.223 e. The number of hydrogen-bond acceptors (Lipinski definition) is 4. The number of hydrogen-bond donors (Lipinski definition) is 1. The zero-order valence-electron chi connectivity index (χ0n) is 11.5. The summed E-state index contributed by atoms with van der Waals surface area (Å²) in [5, 5.41) is 3.29. The van der Waals surface area contributed by atoms with Crippen molar-refractivity contribution >= 4 is 17.5 Å². The van der Waals surface area contributed by atoms with Gasteiger partial charge in [0, 0.05) is 24.4 Å². The van der Waals surface area contributed by atoms with Gasteiger partial charge < -0.3 is 10.1 Å². The first-order valence-corrected chi connectivity index (χ1v) is 6.77. The van der Waals surface area contributed by atoms with Crippen LogP contribution in [0.1, 0.15) is 37.6 Å². The first-order valence-electron chi connectivity index (χ1n) is 6.23. The molecule has 5 heteroatoms. The van der Waals surface area contributed by atoms with Crippen LogP contribution < -0.4 is 5.32 Å². The van der Waals surface area contributed by atoms with E-state index in [4.69, 9.17) is 16.3 Å². The third kappa shape index (κ3) is 4.78. The van der Waals surface area contributed by atoms with E-state index in [1.165, 1.54) is 0 Å². The molecule has 1 aromatic heterocycles. The van der Waals surface area contributed by atoms with E-state index < -0.39 is 0 Å². The maximum atomic E-state index is 5.77. The van der Waals surface area contributed by atoms with Crippen molar-refractivity contribution in [2.24, 2.45) is 0 Å². The minimum atomic E-state index is 0.148. The Labute approximate surface area is 114 Å². The molecular formula is C13H22ClN3O. The lowest BCUT2D eigenvalue weighted by atomic mass is 10.1. The first-order chi connectivity index (χ1) is 8.56. The molecule has 0 aromatic carbocycles. The maximum absolute atomic E-state index is 5.77. The van der Waals surface area contributed by atoms with E-state index in [9.17, 15) is 0 Å². The van der Waals surface area contributed by atoms with Crippen molar-refractivity contribution in [2.45, 2.75) is 39.2 Å². The Hall–Kier alpha value is -0.870. The third-order valence-corrected chi connectivity index (χ3v) is 2.84. The molecule has 1 unspecified atom stereocenters. The topological polar surface area (TPSA) is 47.0 Å². The second-order valence-corrected chi connectivity index (χ2v) is 5.06. The average molecular weight is 272 g/mol. The van der Waals surface area contributed by atoms with E-state index in [-0.39, 0.29) is 6.04 Å². The first kappa shape index (κ1) is 15.2. The number of anilines is 1. The minimum Gasteiger partial charge on any atom is -0.383 e. The van der Waals surface area contributed by atoms with E-state index in [0.29, 0.717) is 24.4 Å². The van der Waals surface area contributed by atoms with Crippen molar-refractivity contribution < 1.29 is 4.74 Å². The molecule has 0 spiro atoms. The number of methoxy groups -OCH3 is 1. The predicted molar refractivity (Wildman–Crippen MR) is 75.5 cm³/mol. The number of rotatable bonds is 7. The number of halogens is 1. The summed E-state index contributed by atoms with van der Waals surface area (Å²) >= 11 is 5.77. The van der Waals surface area contributed by atoms with Crippen LogP contribution in [0.3, 0.4) is 0 Å². The molecule has 0 amide bonds. The van der Waals surface area contributed by atoms with Crippen LogP contribution in [0.2, 0.25) is 0 Å². The van der Waals surface area contributed by atoms with E-state index in [1.54, 1.807) is 7.11 Å². The van der Waals surface area contributed by atoms with Crippen molar-refractivity contribution in [2.75, 3.05) is 24.9 Å². The Balaban J connectivity index is 2.81. The second kappa shape index (κ2) is 7.54. The zero-order chi connectivity index (χ0) is 13.5. The highest BCUT2D eigenvalue weighted by Crippen LogP contribution is 2.15. The minimum absolute atomic E-state index is 0.148. The third-order valence-electron chi connectivity index (χ3n) is 2.62. The second-order valence-electron chi connectivity index (χ2n) is 4.69. The predicted octanol–water partition coefficient (Wildman–Crippen LogP) is 2.96. The molecular weight excluding hydrogens is 250 g/mol. The van der Waals surface area contributed by atoms with Crippen LogP contribution in [0, 0.1) is 6.92 Å². The van der Waals surface area contributed by atoms with Gasteiger partial charge in [0.15, 0.2) is 0 Å². The molecule has 1 rings (SSSR count). The highest BCUT2D eigenvalue weighted by molar-refractivity contribution is 6.17. The summed E-state index contributed by atoms with van der Waals surface area (Å²) in [5.74, 6) is 1.64. The van der Waals surface area contributed by atoms with Crippen LogP contribution in [0.25, 0.3) is 0 Å². The summed E-state index contributed by atoms with van der Waals surface area (Å²) in [4.78, 5) is 8.92. The van der Waals surface area contributed by atoms with Crippen molar-refractivity contribution in [3.63, 3.8) is 0 Å². The molecule has 0 aliphatic carbocycles. The van der Waals surface area contributed by atoms with E-state index >= 15 is 0 Å². The Morgan fingerprint density at radius 1 is 1.39 bits per heavy atom. The molecule has 18 heavy (non-hydrogen) atoms. The largest absolute Gasteiger partial charge is 0.383 e. The molecule has 1 heterocycles. The van der Waals surface area contributed by atoms with Gasteiger partial charge in [-0.1, -0.05) is 13.8 Å². The monoisotopic (exact) mass is 271 g/mol. The van der Waals surface area contributed by atoms with Gasteiger partial charge in [-0.25, -0.2) is 9.97 Å². The van der Waals surface area contributed by atoms with Gasteiger partial charge in [0.2, 0.25) is 5.95 Å². The van der Waals surface area contributed by atoms with Crippen molar-refractivity contribution in [3.05, 3.63) is 17.5 Å². The molecule has 0 saturated carbocycles. The molecule has 4 nitrogen and oxygen atoms in total. The number of aromatic nitrogens is 2. The number of alkyl halides is 1. The molecule has 0 saturated heterocycles. The highest BCUT2D eigenvalue weighted by Gasteiger charge is 2.11. The fourth-order valence-corrected chi connectivity index (χ4v) is 1.93. The SMILES string of the molecule is COCC(CCCl)Nc1nc(C)cc(C(C)C)n1. The Kier molecular flexibility index (Phi) is 6.36. The van der Waals surface area contributed by atoms with Gasteiger partial charge in [-0.05, 0) is 25.3 Å².